The molecule has 0 heterocycles. The highest BCUT2D eigenvalue weighted by Gasteiger charge is 2.29. The van der Waals surface area contributed by atoms with E-state index in [2.05, 4.69) is 4.72 Å². The molecule has 104 valence electrons. The van der Waals surface area contributed by atoms with Gasteiger partial charge < -0.3 is 0 Å². The molecule has 0 fully saturated rings. The first-order chi connectivity index (χ1) is 7.40. The maximum atomic E-state index is 11.6. The molecule has 0 atom stereocenters. The van der Waals surface area contributed by atoms with Gasteiger partial charge in [-0.2, -0.15) is 4.31 Å². The lowest BCUT2D eigenvalue weighted by molar-refractivity contribution is 0.254. The highest BCUT2D eigenvalue weighted by atomic mass is 32.2. The van der Waals surface area contributed by atoms with Crippen LogP contribution in [0.15, 0.2) is 0 Å². The number of hydrogen-bond acceptors (Lipinski definition) is 4. The van der Waals surface area contributed by atoms with Gasteiger partial charge in [0.2, 0.25) is 20.0 Å². The molecule has 0 aromatic carbocycles. The Morgan fingerprint density at radius 3 is 1.88 bits per heavy atom. The maximum Gasteiger partial charge on any atom is 0.211 e. The van der Waals surface area contributed by atoms with Crippen LogP contribution in [0.3, 0.4) is 0 Å². The molecule has 0 saturated heterocycles. The minimum atomic E-state index is -3.35. The Morgan fingerprint density at radius 1 is 1.12 bits per heavy atom. The highest BCUT2D eigenvalue weighted by molar-refractivity contribution is 7.89. The molecule has 0 aliphatic carbocycles. The van der Waals surface area contributed by atoms with Gasteiger partial charge in [-0.25, -0.2) is 21.6 Å². The Morgan fingerprint density at radius 2 is 1.59 bits per heavy atom. The van der Waals surface area contributed by atoms with Crippen LogP contribution in [-0.4, -0.2) is 51.8 Å². The van der Waals surface area contributed by atoms with Crippen LogP contribution in [0.25, 0.3) is 0 Å². The predicted molar refractivity (Wildman–Crippen MR) is 68.8 cm³/mol. The molecule has 0 aliphatic rings. The van der Waals surface area contributed by atoms with Crippen LogP contribution in [-0.2, 0) is 20.0 Å². The van der Waals surface area contributed by atoms with Gasteiger partial charge in [0.25, 0.3) is 0 Å². The summed E-state index contributed by atoms with van der Waals surface area (Å²) in [5.74, 6) is -0.0125. The molecule has 0 aromatic rings. The molecule has 0 aromatic heterocycles. The monoisotopic (exact) mass is 286 g/mol. The fraction of sp³-hybridized carbons (Fsp3) is 1.00. The number of nitrogens with one attached hydrogen (secondary N) is 1. The Bertz CT molecular complexity index is 434. The number of sulfonamides is 2. The second-order valence-corrected chi connectivity index (χ2v) is 8.81. The van der Waals surface area contributed by atoms with Crippen LogP contribution in [0.1, 0.15) is 27.7 Å². The molecule has 0 amide bonds. The summed E-state index contributed by atoms with van der Waals surface area (Å²) in [6, 6.07) is 0. The Balaban J connectivity index is 4.63. The van der Waals surface area contributed by atoms with Crippen molar-refractivity contribution in [1.29, 1.82) is 0 Å². The lowest BCUT2D eigenvalue weighted by Crippen LogP contribution is -2.48. The first-order valence-corrected chi connectivity index (χ1v) is 8.85. The quantitative estimate of drug-likeness (QED) is 0.744. The summed E-state index contributed by atoms with van der Waals surface area (Å²) in [6.45, 7) is 7.04. The van der Waals surface area contributed by atoms with Crippen LogP contribution >= 0.6 is 0 Å². The third kappa shape index (κ3) is 6.35. The third-order valence-electron chi connectivity index (χ3n) is 2.17. The molecule has 0 spiro atoms. The Labute approximate surface area is 104 Å². The van der Waals surface area contributed by atoms with E-state index in [9.17, 15) is 16.8 Å². The van der Waals surface area contributed by atoms with E-state index in [0.29, 0.717) is 0 Å². The minimum Gasteiger partial charge on any atom is -0.214 e. The van der Waals surface area contributed by atoms with E-state index in [4.69, 9.17) is 0 Å². The molecule has 8 heteroatoms. The van der Waals surface area contributed by atoms with Gasteiger partial charge in [-0.05, 0) is 27.7 Å². The van der Waals surface area contributed by atoms with Gasteiger partial charge in [0.15, 0.2) is 0 Å². The van der Waals surface area contributed by atoms with Crippen molar-refractivity contribution in [1.82, 2.24) is 9.03 Å². The van der Waals surface area contributed by atoms with Crippen molar-refractivity contribution in [2.75, 3.05) is 25.1 Å². The molecule has 0 bridgehead atoms. The van der Waals surface area contributed by atoms with E-state index in [1.807, 2.05) is 0 Å². The van der Waals surface area contributed by atoms with E-state index in [-0.39, 0.29) is 18.8 Å². The molecule has 0 aliphatic heterocycles. The zero-order valence-corrected chi connectivity index (χ0v) is 12.7. The zero-order chi connectivity index (χ0) is 13.9. The number of rotatable bonds is 6. The molecule has 0 rings (SSSR count). The van der Waals surface area contributed by atoms with Crippen molar-refractivity contribution in [2.45, 2.75) is 33.2 Å². The smallest absolute Gasteiger partial charge is 0.211 e. The minimum absolute atomic E-state index is 0.0125. The number of nitrogens with zero attached hydrogens (tertiary/aromatic N) is 1. The maximum absolute atomic E-state index is 11.6. The fourth-order valence-corrected chi connectivity index (χ4v) is 3.43. The van der Waals surface area contributed by atoms with Crippen molar-refractivity contribution in [2.24, 2.45) is 0 Å². The molecule has 6 nitrogen and oxygen atoms in total. The van der Waals surface area contributed by atoms with Crippen LogP contribution in [0.4, 0.5) is 0 Å². The molecule has 0 saturated carbocycles. The van der Waals surface area contributed by atoms with Crippen molar-refractivity contribution < 1.29 is 16.8 Å². The van der Waals surface area contributed by atoms with Gasteiger partial charge in [-0.15, -0.1) is 0 Å². The van der Waals surface area contributed by atoms with Gasteiger partial charge in [0, 0.05) is 18.6 Å². The van der Waals surface area contributed by atoms with Crippen LogP contribution in [0, 0.1) is 0 Å². The summed E-state index contributed by atoms with van der Waals surface area (Å²) in [6.07, 6.45) is 1.12. The van der Waals surface area contributed by atoms with Gasteiger partial charge in [-0.3, -0.25) is 0 Å². The van der Waals surface area contributed by atoms with E-state index in [1.165, 1.54) is 11.2 Å². The van der Waals surface area contributed by atoms with E-state index >= 15 is 0 Å². The second-order valence-electron chi connectivity index (χ2n) is 4.80. The summed E-state index contributed by atoms with van der Waals surface area (Å²) >= 11 is 0. The van der Waals surface area contributed by atoms with Crippen molar-refractivity contribution >= 4 is 20.0 Å². The number of hydrogen-bond donors (Lipinski definition) is 1. The second kappa shape index (κ2) is 5.64. The summed E-state index contributed by atoms with van der Waals surface area (Å²) in [5.41, 5.74) is -0.564. The lowest BCUT2D eigenvalue weighted by Gasteiger charge is -2.33. The zero-order valence-electron chi connectivity index (χ0n) is 11.0. The van der Waals surface area contributed by atoms with Gasteiger partial charge in [0.1, 0.15) is 0 Å². The van der Waals surface area contributed by atoms with Crippen molar-refractivity contribution in [3.63, 3.8) is 0 Å². The average molecular weight is 286 g/mol. The lowest BCUT2D eigenvalue weighted by atomic mass is 10.1. The van der Waals surface area contributed by atoms with Gasteiger partial charge in [-0.1, -0.05) is 0 Å². The molecule has 0 unspecified atom stereocenters. The first-order valence-electron chi connectivity index (χ1n) is 5.35. The average Bonchev–Trinajstić information content (AvgIpc) is 2.08. The molecular weight excluding hydrogens is 264 g/mol. The summed E-state index contributed by atoms with van der Waals surface area (Å²) in [4.78, 5) is 0. The van der Waals surface area contributed by atoms with Gasteiger partial charge in [0.05, 0.1) is 12.0 Å². The van der Waals surface area contributed by atoms with Crippen molar-refractivity contribution in [3.8, 4) is 0 Å². The van der Waals surface area contributed by atoms with Crippen LogP contribution < -0.4 is 4.72 Å². The topological polar surface area (TPSA) is 83.6 Å². The third-order valence-corrected chi connectivity index (χ3v) is 5.10. The molecular formula is C9H22N2O4S2. The largest absolute Gasteiger partial charge is 0.214 e. The first kappa shape index (κ1) is 16.8. The van der Waals surface area contributed by atoms with Crippen LogP contribution in [0.2, 0.25) is 0 Å². The Kier molecular flexibility index (Phi) is 5.58. The summed E-state index contributed by atoms with van der Waals surface area (Å²) < 4.78 is 49.1. The van der Waals surface area contributed by atoms with E-state index < -0.39 is 25.6 Å². The van der Waals surface area contributed by atoms with E-state index in [0.717, 1.165) is 6.26 Å². The molecule has 0 radical (unpaired) electrons. The van der Waals surface area contributed by atoms with Crippen LogP contribution in [0.5, 0.6) is 0 Å². The predicted octanol–water partition coefficient (Wildman–Crippen LogP) is -0.0142. The van der Waals surface area contributed by atoms with E-state index in [1.54, 1.807) is 20.8 Å². The highest BCUT2D eigenvalue weighted by Crippen LogP contribution is 2.16. The van der Waals surface area contributed by atoms with Crippen molar-refractivity contribution in [3.05, 3.63) is 0 Å². The SMILES string of the molecule is CCS(=O)(=O)NCCN(C(C)(C)C)S(C)(=O)=O. The summed E-state index contributed by atoms with van der Waals surface area (Å²) in [7, 11) is -6.63. The molecule has 1 N–H and O–H groups in total. The normalized spacial score (nSPS) is 14.2. The molecule has 17 heavy (non-hydrogen) atoms. The Hall–Kier alpha value is -0.180. The fourth-order valence-electron chi connectivity index (χ4n) is 1.40. The van der Waals surface area contributed by atoms with Gasteiger partial charge >= 0.3 is 0 Å². The standard InChI is InChI=1S/C9H22N2O4S2/c1-6-17(14,15)10-7-8-11(9(2,3)4)16(5,12)13/h10H,6-8H2,1-5H3. The summed E-state index contributed by atoms with van der Waals surface area (Å²) in [5, 5.41) is 0.